The lowest BCUT2D eigenvalue weighted by atomic mass is 10.1. The highest BCUT2D eigenvalue weighted by molar-refractivity contribution is 6.07. The van der Waals surface area contributed by atoms with Crippen LogP contribution in [0.15, 0.2) is 18.2 Å². The van der Waals surface area contributed by atoms with Crippen molar-refractivity contribution in [2.45, 2.75) is 20.3 Å². The molecule has 1 rings (SSSR count). The second-order valence-corrected chi connectivity index (χ2v) is 4.16. The minimum Gasteiger partial charge on any atom is -0.337 e. The molecule has 5 nitrogen and oxygen atoms in total. The van der Waals surface area contributed by atoms with E-state index < -0.39 is 22.3 Å². The molecule has 1 aromatic carbocycles. The van der Waals surface area contributed by atoms with Crippen molar-refractivity contribution in [3.05, 3.63) is 29.6 Å². The Kier molecular flexibility index (Phi) is 4.03. The number of hydrogen-bond acceptors (Lipinski definition) is 2. The number of primary amides is 1. The molecule has 0 aliphatic heterocycles. The first-order valence-corrected chi connectivity index (χ1v) is 5.66. The number of nitrogens with two attached hydrogens (primary N) is 2. The van der Waals surface area contributed by atoms with Gasteiger partial charge in [0.15, 0.2) is 11.5 Å². The molecular weight excluding hydrogens is 235 g/mol. The van der Waals surface area contributed by atoms with Gasteiger partial charge in [0.05, 0.1) is 6.54 Å². The zero-order valence-electron chi connectivity index (χ0n) is 10.5. The number of guanidine groups is 1. The van der Waals surface area contributed by atoms with Crippen LogP contribution in [0.5, 0.6) is 0 Å². The summed E-state index contributed by atoms with van der Waals surface area (Å²) in [6, 6.07) is 3.58. The Hall–Kier alpha value is -1.95. The molecule has 0 spiro atoms. The smallest absolute Gasteiger partial charge is 0.337 e. The molecular formula is C12H18FN4O+. The summed E-state index contributed by atoms with van der Waals surface area (Å²) < 4.78 is 13.2. The fourth-order valence-corrected chi connectivity index (χ4v) is 2.13. The van der Waals surface area contributed by atoms with Crippen LogP contribution in [-0.2, 0) is 0 Å². The predicted octanol–water partition coefficient (Wildman–Crippen LogP) is 1.82. The van der Waals surface area contributed by atoms with Crippen molar-refractivity contribution < 1.29 is 9.18 Å². The van der Waals surface area contributed by atoms with Gasteiger partial charge in [0.25, 0.3) is 0 Å². The first-order valence-electron chi connectivity index (χ1n) is 5.66. The number of hydrogen-bond donors (Lipinski definition) is 3. The minimum atomic E-state index is -0.849. The molecule has 6 heteroatoms. The molecule has 1 aromatic rings. The third-order valence-electron chi connectivity index (χ3n) is 2.92. The van der Waals surface area contributed by atoms with Gasteiger partial charge in [-0.2, -0.15) is 0 Å². The maximum Gasteiger partial charge on any atom is 0.426 e. The van der Waals surface area contributed by atoms with Crippen molar-refractivity contribution in [2.75, 3.05) is 6.54 Å². The molecule has 0 saturated heterocycles. The van der Waals surface area contributed by atoms with E-state index in [1.165, 1.54) is 12.1 Å². The molecule has 0 aliphatic rings. The maximum atomic E-state index is 14.0. The van der Waals surface area contributed by atoms with Crippen LogP contribution in [0.3, 0.4) is 0 Å². The molecule has 1 atom stereocenters. The molecule has 2 amide bonds. The van der Waals surface area contributed by atoms with Crippen LogP contribution in [0.4, 0.5) is 14.9 Å². The van der Waals surface area contributed by atoms with E-state index in [1.54, 1.807) is 13.0 Å². The van der Waals surface area contributed by atoms with Gasteiger partial charge in [-0.05, 0) is 19.4 Å². The number of nitrogens with one attached hydrogen (secondary N) is 1. The molecule has 0 fully saturated rings. The number of para-hydroxylation sites is 1. The Labute approximate surface area is 105 Å². The van der Waals surface area contributed by atoms with Crippen molar-refractivity contribution in [1.82, 2.24) is 4.48 Å². The molecule has 0 aromatic heterocycles. The van der Waals surface area contributed by atoms with Gasteiger partial charge in [-0.15, -0.1) is 4.48 Å². The van der Waals surface area contributed by atoms with E-state index in [0.29, 0.717) is 12.0 Å². The fraction of sp³-hybridized carbons (Fsp3) is 0.333. The van der Waals surface area contributed by atoms with Crippen molar-refractivity contribution in [2.24, 2.45) is 11.5 Å². The lowest BCUT2D eigenvalue weighted by Crippen LogP contribution is -2.64. The molecule has 18 heavy (non-hydrogen) atoms. The van der Waals surface area contributed by atoms with Gasteiger partial charge in [-0.1, -0.05) is 19.1 Å². The second kappa shape index (κ2) is 5.14. The predicted molar refractivity (Wildman–Crippen MR) is 69.6 cm³/mol. The van der Waals surface area contributed by atoms with E-state index in [4.69, 9.17) is 16.9 Å². The topological polar surface area (TPSA) is 93.0 Å². The summed E-state index contributed by atoms with van der Waals surface area (Å²) in [6.07, 6.45) is 0.538. The maximum absolute atomic E-state index is 14.0. The van der Waals surface area contributed by atoms with E-state index in [9.17, 15) is 9.18 Å². The summed E-state index contributed by atoms with van der Waals surface area (Å²) in [5, 5.41) is 7.65. The minimum absolute atomic E-state index is 0.0550. The Morgan fingerprint density at radius 3 is 2.44 bits per heavy atom. The van der Waals surface area contributed by atoms with E-state index >= 15 is 0 Å². The van der Waals surface area contributed by atoms with E-state index in [-0.39, 0.29) is 12.2 Å². The summed E-state index contributed by atoms with van der Waals surface area (Å²) >= 11 is 0. The highest BCUT2D eigenvalue weighted by Gasteiger charge is 2.44. The lowest BCUT2D eigenvalue weighted by Gasteiger charge is -2.31. The van der Waals surface area contributed by atoms with Crippen LogP contribution in [0.2, 0.25) is 0 Å². The number of rotatable bonds is 3. The molecule has 0 bridgehead atoms. The van der Waals surface area contributed by atoms with E-state index in [1.807, 2.05) is 6.92 Å². The number of carbonyl (C=O) groups excluding carboxylic acids is 1. The van der Waals surface area contributed by atoms with Crippen LogP contribution in [0, 0.1) is 18.2 Å². The van der Waals surface area contributed by atoms with Crippen LogP contribution in [-0.4, -0.2) is 18.5 Å². The summed E-state index contributed by atoms with van der Waals surface area (Å²) in [6.45, 7) is 3.63. The summed E-state index contributed by atoms with van der Waals surface area (Å²) in [7, 11) is 0. The molecule has 0 aliphatic carbocycles. The zero-order valence-corrected chi connectivity index (χ0v) is 10.5. The van der Waals surface area contributed by atoms with Gasteiger partial charge in [0.1, 0.15) is 0 Å². The first-order chi connectivity index (χ1) is 8.37. The number of benzene rings is 1. The Morgan fingerprint density at radius 1 is 1.44 bits per heavy atom. The van der Waals surface area contributed by atoms with Crippen molar-refractivity contribution in [3.8, 4) is 0 Å². The zero-order chi connectivity index (χ0) is 13.9. The molecule has 1 unspecified atom stereocenters. The van der Waals surface area contributed by atoms with Gasteiger partial charge in [0, 0.05) is 5.56 Å². The number of carbonyl (C=O) groups is 1. The van der Waals surface area contributed by atoms with E-state index in [2.05, 4.69) is 0 Å². The third-order valence-corrected chi connectivity index (χ3v) is 2.92. The quantitative estimate of drug-likeness (QED) is 0.435. The Balaban J connectivity index is 3.62. The van der Waals surface area contributed by atoms with Crippen LogP contribution in [0.25, 0.3) is 0 Å². The number of aryl methyl sites for hydroxylation is 1. The van der Waals surface area contributed by atoms with Gasteiger partial charge >= 0.3 is 12.0 Å². The Bertz CT molecular complexity index is 453. The number of amides is 2. The standard InChI is InChI=1S/C12H17FN4O/c1-3-7-17(11(14)15,12(16)18)10-8(2)5-4-6-9(10)13/h4-6H,3,7H2,1-2H3,(H4-,14,15,16,18)/p+1. The van der Waals surface area contributed by atoms with Crippen LogP contribution in [0.1, 0.15) is 18.9 Å². The van der Waals surface area contributed by atoms with E-state index in [0.717, 1.165) is 0 Å². The van der Waals surface area contributed by atoms with Gasteiger partial charge in [0.2, 0.25) is 0 Å². The number of urea groups is 1. The number of nitrogens with zero attached hydrogens (tertiary/aromatic N) is 1. The normalized spacial score (nSPS) is 13.9. The third kappa shape index (κ3) is 2.06. The summed E-state index contributed by atoms with van der Waals surface area (Å²) in [5.41, 5.74) is 11.5. The van der Waals surface area contributed by atoms with Crippen molar-refractivity contribution >= 4 is 17.7 Å². The van der Waals surface area contributed by atoms with Crippen LogP contribution >= 0.6 is 0 Å². The molecule has 0 radical (unpaired) electrons. The summed E-state index contributed by atoms with van der Waals surface area (Å²) in [5.74, 6) is -1.06. The molecule has 0 saturated carbocycles. The van der Waals surface area contributed by atoms with Gasteiger partial charge in [-0.25, -0.2) is 14.6 Å². The molecule has 98 valence electrons. The number of halogens is 1. The highest BCUT2D eigenvalue weighted by atomic mass is 19.1. The molecule has 5 N–H and O–H groups in total. The largest absolute Gasteiger partial charge is 0.426 e. The fourth-order valence-electron chi connectivity index (χ4n) is 2.13. The van der Waals surface area contributed by atoms with Gasteiger partial charge in [-0.3, -0.25) is 0 Å². The van der Waals surface area contributed by atoms with Gasteiger partial charge < -0.3 is 11.5 Å². The first kappa shape index (κ1) is 14.1. The second-order valence-electron chi connectivity index (χ2n) is 4.16. The number of quaternary nitrogens is 1. The SMILES string of the molecule is CCC[N+](C(=N)N)(C(N)=O)c1c(C)cccc1F. The molecule has 0 heterocycles. The highest BCUT2D eigenvalue weighted by Crippen LogP contribution is 2.30. The average Bonchev–Trinajstić information content (AvgIpc) is 2.26. The Morgan fingerprint density at radius 2 is 2.06 bits per heavy atom. The monoisotopic (exact) mass is 253 g/mol. The lowest BCUT2D eigenvalue weighted by molar-refractivity contribution is 0.228. The van der Waals surface area contributed by atoms with Crippen molar-refractivity contribution in [1.29, 1.82) is 5.41 Å². The van der Waals surface area contributed by atoms with Crippen molar-refractivity contribution in [3.63, 3.8) is 0 Å². The summed E-state index contributed by atoms with van der Waals surface area (Å²) in [4.78, 5) is 11.8. The van der Waals surface area contributed by atoms with Crippen LogP contribution < -0.4 is 16.0 Å². The average molecular weight is 253 g/mol.